The minimum Gasteiger partial charge on any atom is -0.207 e. The molecule has 0 unspecified atom stereocenters. The Labute approximate surface area is 87.2 Å². The van der Waals surface area contributed by atoms with E-state index in [0.717, 1.165) is 17.7 Å². The molecule has 0 aromatic heterocycles. The van der Waals surface area contributed by atoms with Gasteiger partial charge in [0.15, 0.2) is 0 Å². The molecule has 2 aromatic rings. The van der Waals surface area contributed by atoms with E-state index in [1.54, 1.807) is 18.2 Å². The van der Waals surface area contributed by atoms with E-state index in [9.17, 15) is 8.78 Å². The third-order valence-electron chi connectivity index (χ3n) is 2.29. The van der Waals surface area contributed by atoms with Gasteiger partial charge < -0.3 is 0 Å². The highest BCUT2D eigenvalue weighted by Gasteiger charge is 2.07. The van der Waals surface area contributed by atoms with Crippen LogP contribution in [0.25, 0.3) is 11.1 Å². The molecule has 0 aliphatic rings. The number of hydrogen-bond donors (Lipinski definition) is 0. The summed E-state index contributed by atoms with van der Waals surface area (Å²) >= 11 is 0. The lowest BCUT2D eigenvalue weighted by Gasteiger charge is -2.06. The minimum absolute atomic E-state index is 0.293. The Balaban J connectivity index is 2.64. The van der Waals surface area contributed by atoms with Crippen molar-refractivity contribution in [3.05, 3.63) is 59.7 Å². The van der Waals surface area contributed by atoms with E-state index in [0.29, 0.717) is 11.1 Å². The Morgan fingerprint density at radius 2 is 1.87 bits per heavy atom. The van der Waals surface area contributed by atoms with Crippen molar-refractivity contribution in [3.63, 3.8) is 0 Å². The molecule has 2 aromatic carbocycles. The fraction of sp³-hybridized carbons (Fsp3) is 0.0769. The van der Waals surface area contributed by atoms with Gasteiger partial charge in [0.2, 0.25) is 0 Å². The topological polar surface area (TPSA) is 0 Å². The first-order valence-electron chi connectivity index (χ1n) is 4.60. The van der Waals surface area contributed by atoms with Crippen molar-refractivity contribution in [1.82, 2.24) is 0 Å². The normalized spacial score (nSPS) is 10.3. The van der Waals surface area contributed by atoms with Crippen LogP contribution in [0.4, 0.5) is 8.78 Å². The maximum Gasteiger partial charge on any atom is 0.131 e. The monoisotopic (exact) mass is 203 g/mol. The van der Waals surface area contributed by atoms with Crippen LogP contribution < -0.4 is 0 Å². The zero-order valence-electron chi connectivity index (χ0n) is 8.22. The lowest BCUT2D eigenvalue weighted by Crippen LogP contribution is -1.88. The van der Waals surface area contributed by atoms with Crippen LogP contribution in [-0.4, -0.2) is 0 Å². The molecule has 0 aliphatic heterocycles. The number of halogens is 2. The zero-order chi connectivity index (χ0) is 10.8. The molecule has 0 saturated carbocycles. The second-order valence-corrected chi connectivity index (χ2v) is 3.37. The Hall–Kier alpha value is -1.70. The fourth-order valence-corrected chi connectivity index (χ4v) is 1.52. The maximum atomic E-state index is 13.5. The smallest absolute Gasteiger partial charge is 0.131 e. The standard InChI is InChI=1S/C13H9F2/c1-9-4-2-3-5-11(9)12-8-10(14)6-7-13(12)15/h3-8H,1H3. The van der Waals surface area contributed by atoms with Crippen molar-refractivity contribution in [1.29, 1.82) is 0 Å². The average molecular weight is 203 g/mol. The second-order valence-electron chi connectivity index (χ2n) is 3.37. The summed E-state index contributed by atoms with van der Waals surface area (Å²) in [5.74, 6) is -0.843. The zero-order valence-corrected chi connectivity index (χ0v) is 8.22. The van der Waals surface area contributed by atoms with Crippen LogP contribution in [0.2, 0.25) is 0 Å². The third kappa shape index (κ3) is 1.89. The van der Waals surface area contributed by atoms with Gasteiger partial charge in [-0.05, 0) is 42.3 Å². The van der Waals surface area contributed by atoms with E-state index < -0.39 is 11.6 Å². The van der Waals surface area contributed by atoms with Crippen LogP contribution in [0.1, 0.15) is 5.56 Å². The van der Waals surface area contributed by atoms with E-state index in [1.165, 1.54) is 6.07 Å². The van der Waals surface area contributed by atoms with Gasteiger partial charge in [-0.1, -0.05) is 18.2 Å². The molecule has 0 heterocycles. The number of rotatable bonds is 1. The number of benzene rings is 2. The van der Waals surface area contributed by atoms with Crippen molar-refractivity contribution in [2.24, 2.45) is 0 Å². The van der Waals surface area contributed by atoms with E-state index in [2.05, 4.69) is 6.07 Å². The average Bonchev–Trinajstić information content (AvgIpc) is 2.23. The molecule has 0 N–H and O–H groups in total. The van der Waals surface area contributed by atoms with Gasteiger partial charge in [-0.25, -0.2) is 8.78 Å². The van der Waals surface area contributed by atoms with Gasteiger partial charge in [0, 0.05) is 5.56 Å². The summed E-state index contributed by atoms with van der Waals surface area (Å²) in [5.41, 5.74) is 1.87. The Morgan fingerprint density at radius 3 is 2.60 bits per heavy atom. The molecule has 0 bridgehead atoms. The molecule has 0 atom stereocenters. The fourth-order valence-electron chi connectivity index (χ4n) is 1.52. The first-order chi connectivity index (χ1) is 7.18. The van der Waals surface area contributed by atoms with Gasteiger partial charge in [-0.3, -0.25) is 0 Å². The lowest BCUT2D eigenvalue weighted by molar-refractivity contribution is 0.603. The van der Waals surface area contributed by atoms with Gasteiger partial charge in [0.25, 0.3) is 0 Å². The Kier molecular flexibility index (Phi) is 2.50. The van der Waals surface area contributed by atoms with Gasteiger partial charge in [0.1, 0.15) is 11.6 Å². The number of aryl methyl sites for hydroxylation is 1. The van der Waals surface area contributed by atoms with E-state index in [4.69, 9.17) is 0 Å². The summed E-state index contributed by atoms with van der Waals surface area (Å²) < 4.78 is 26.4. The molecule has 0 nitrogen and oxygen atoms in total. The van der Waals surface area contributed by atoms with Crippen LogP contribution in [-0.2, 0) is 0 Å². The first kappa shape index (κ1) is 9.84. The SMILES string of the molecule is Cc1c[c]ccc1-c1cc(F)ccc1F. The van der Waals surface area contributed by atoms with Crippen molar-refractivity contribution in [3.8, 4) is 11.1 Å². The maximum absolute atomic E-state index is 13.5. The van der Waals surface area contributed by atoms with E-state index >= 15 is 0 Å². The van der Waals surface area contributed by atoms with Gasteiger partial charge in [-0.2, -0.15) is 0 Å². The van der Waals surface area contributed by atoms with Crippen LogP contribution in [0, 0.1) is 24.6 Å². The third-order valence-corrected chi connectivity index (χ3v) is 2.29. The molecule has 75 valence electrons. The summed E-state index contributed by atoms with van der Waals surface area (Å²) in [5, 5.41) is 0. The quantitative estimate of drug-likeness (QED) is 0.662. The lowest BCUT2D eigenvalue weighted by atomic mass is 10.0. The van der Waals surface area contributed by atoms with Crippen LogP contribution in [0.3, 0.4) is 0 Å². The first-order valence-corrected chi connectivity index (χ1v) is 4.60. The molecule has 2 rings (SSSR count). The molecule has 0 saturated heterocycles. The van der Waals surface area contributed by atoms with Crippen LogP contribution >= 0.6 is 0 Å². The summed E-state index contributed by atoms with van der Waals surface area (Å²) in [6.45, 7) is 1.84. The largest absolute Gasteiger partial charge is 0.207 e. The number of hydrogen-bond acceptors (Lipinski definition) is 0. The van der Waals surface area contributed by atoms with E-state index in [-0.39, 0.29) is 0 Å². The summed E-state index contributed by atoms with van der Waals surface area (Å²) in [6, 6.07) is 11.5. The Bertz CT molecular complexity index is 490. The van der Waals surface area contributed by atoms with Crippen molar-refractivity contribution < 1.29 is 8.78 Å². The molecule has 0 spiro atoms. The van der Waals surface area contributed by atoms with Gasteiger partial charge in [0.05, 0.1) is 0 Å². The molecule has 0 fully saturated rings. The highest BCUT2D eigenvalue weighted by molar-refractivity contribution is 5.67. The highest BCUT2D eigenvalue weighted by Crippen LogP contribution is 2.26. The second kappa shape index (κ2) is 3.81. The molecular weight excluding hydrogens is 194 g/mol. The van der Waals surface area contributed by atoms with Crippen molar-refractivity contribution >= 4 is 0 Å². The molecule has 0 aliphatic carbocycles. The minimum atomic E-state index is -0.432. The Morgan fingerprint density at radius 1 is 1.07 bits per heavy atom. The van der Waals surface area contributed by atoms with Crippen LogP contribution in [0.5, 0.6) is 0 Å². The molecule has 0 amide bonds. The summed E-state index contributed by atoms with van der Waals surface area (Å²) in [7, 11) is 0. The molecule has 15 heavy (non-hydrogen) atoms. The molecule has 2 heteroatoms. The predicted octanol–water partition coefficient (Wildman–Crippen LogP) is 3.74. The predicted molar refractivity (Wildman–Crippen MR) is 55.4 cm³/mol. The van der Waals surface area contributed by atoms with E-state index in [1.807, 2.05) is 6.92 Å². The summed E-state index contributed by atoms with van der Waals surface area (Å²) in [4.78, 5) is 0. The summed E-state index contributed by atoms with van der Waals surface area (Å²) in [6.07, 6.45) is 0. The van der Waals surface area contributed by atoms with Crippen LogP contribution in [0.15, 0.2) is 36.4 Å². The highest BCUT2D eigenvalue weighted by atomic mass is 19.1. The molecule has 1 radical (unpaired) electrons. The molecular formula is C13H9F2. The van der Waals surface area contributed by atoms with Gasteiger partial charge >= 0.3 is 0 Å². The van der Waals surface area contributed by atoms with Crippen molar-refractivity contribution in [2.75, 3.05) is 0 Å². The van der Waals surface area contributed by atoms with Gasteiger partial charge in [-0.15, -0.1) is 0 Å². The van der Waals surface area contributed by atoms with Crippen molar-refractivity contribution in [2.45, 2.75) is 6.92 Å².